The van der Waals surface area contributed by atoms with Gasteiger partial charge in [0.2, 0.25) is 5.91 Å². The van der Waals surface area contributed by atoms with E-state index in [0.717, 1.165) is 42.1 Å². The lowest BCUT2D eigenvalue weighted by molar-refractivity contribution is -0.172. The Balaban J connectivity index is 1.15. The van der Waals surface area contributed by atoms with E-state index < -0.39 is 11.6 Å². The summed E-state index contributed by atoms with van der Waals surface area (Å²) in [7, 11) is 0. The molecule has 6 rings (SSSR count). The van der Waals surface area contributed by atoms with E-state index >= 15 is 8.78 Å². The summed E-state index contributed by atoms with van der Waals surface area (Å²) < 4.78 is 36.0. The molecule has 2 aliphatic heterocycles. The first kappa shape index (κ1) is 20.8. The van der Waals surface area contributed by atoms with E-state index in [9.17, 15) is 4.79 Å². The molecule has 0 atom stereocenters. The molecule has 1 spiro atoms. The van der Waals surface area contributed by atoms with Gasteiger partial charge in [-0.05, 0) is 66.5 Å². The van der Waals surface area contributed by atoms with Crippen LogP contribution in [0.2, 0.25) is 0 Å². The highest BCUT2D eigenvalue weighted by Crippen LogP contribution is 2.37. The zero-order valence-electron chi connectivity index (χ0n) is 18.4. The molecule has 1 amide bonds. The van der Waals surface area contributed by atoms with Gasteiger partial charge in [-0.25, -0.2) is 8.78 Å². The van der Waals surface area contributed by atoms with Crippen LogP contribution >= 0.6 is 0 Å². The van der Waals surface area contributed by atoms with Crippen LogP contribution in [0, 0.1) is 11.6 Å². The number of aromatic nitrogens is 1. The lowest BCUT2D eigenvalue weighted by Crippen LogP contribution is -2.59. The minimum absolute atomic E-state index is 0.0881. The standard InChI is InChI=1S/C26H27F2N3O2/c27-22-11-19(18-2-1-17-5-8-29-24(17)13-18)12-23(28)21(22)14-30-9-6-26(7-10-30)16-31(20-3-4-20)25(32)15-33-26/h1-2,5,8,11-13,20,29H,3-4,6-7,9-10,14-16H2. The molecular formula is C26H27F2N3O2. The number of aromatic amines is 1. The second-order valence-corrected chi connectivity index (χ2v) is 9.70. The SMILES string of the molecule is O=C1COC2(CCN(Cc3c(F)cc(-c4ccc5cc[nH]c5c4)cc3F)CC2)CN1C1CC1. The summed E-state index contributed by atoms with van der Waals surface area (Å²) in [5, 5.41) is 1.06. The fraction of sp³-hybridized carbons (Fsp3) is 0.423. The fourth-order valence-electron chi connectivity index (χ4n) is 5.25. The smallest absolute Gasteiger partial charge is 0.248 e. The molecule has 1 saturated carbocycles. The molecular weight excluding hydrogens is 424 g/mol. The summed E-state index contributed by atoms with van der Waals surface area (Å²) in [4.78, 5) is 19.4. The minimum atomic E-state index is -0.517. The van der Waals surface area contributed by atoms with Gasteiger partial charge < -0.3 is 14.6 Å². The molecule has 3 aromatic rings. The first-order valence-corrected chi connectivity index (χ1v) is 11.7. The summed E-state index contributed by atoms with van der Waals surface area (Å²) in [6, 6.07) is 10.9. The van der Waals surface area contributed by atoms with Crippen LogP contribution in [0.1, 0.15) is 31.2 Å². The van der Waals surface area contributed by atoms with E-state index in [1.165, 1.54) is 12.1 Å². The number of likely N-dealkylation sites (tertiary alicyclic amines) is 1. The lowest BCUT2D eigenvalue weighted by Gasteiger charge is -2.47. The van der Waals surface area contributed by atoms with Crippen LogP contribution < -0.4 is 0 Å². The number of fused-ring (bicyclic) bond motifs is 1. The number of piperidine rings is 1. The molecule has 1 aliphatic carbocycles. The third-order valence-electron chi connectivity index (χ3n) is 7.45. The first-order valence-electron chi connectivity index (χ1n) is 11.7. The van der Waals surface area contributed by atoms with E-state index in [1.807, 2.05) is 35.4 Å². The van der Waals surface area contributed by atoms with Gasteiger partial charge in [0, 0.05) is 43.0 Å². The number of hydrogen-bond donors (Lipinski definition) is 1. The van der Waals surface area contributed by atoms with Gasteiger partial charge in [0.1, 0.15) is 18.2 Å². The molecule has 1 aromatic heterocycles. The number of benzene rings is 2. The van der Waals surface area contributed by atoms with Crippen molar-refractivity contribution in [3.8, 4) is 11.1 Å². The summed E-state index contributed by atoms with van der Waals surface area (Å²) in [6.07, 6.45) is 5.55. The van der Waals surface area contributed by atoms with Crippen LogP contribution in [-0.2, 0) is 16.1 Å². The number of H-pyrrole nitrogens is 1. The predicted octanol–water partition coefficient (Wildman–Crippen LogP) is 4.47. The summed E-state index contributed by atoms with van der Waals surface area (Å²) in [5.74, 6) is -0.946. The average molecular weight is 452 g/mol. The van der Waals surface area contributed by atoms with Gasteiger partial charge in [0.05, 0.1) is 12.1 Å². The predicted molar refractivity (Wildman–Crippen MR) is 122 cm³/mol. The Morgan fingerprint density at radius 1 is 1.03 bits per heavy atom. The molecule has 3 aliphatic rings. The highest BCUT2D eigenvalue weighted by molar-refractivity contribution is 5.84. The van der Waals surface area contributed by atoms with Gasteiger partial charge in [0.15, 0.2) is 0 Å². The molecule has 0 radical (unpaired) electrons. The third-order valence-corrected chi connectivity index (χ3v) is 7.45. The number of halogens is 2. The summed E-state index contributed by atoms with van der Waals surface area (Å²) in [6.45, 7) is 2.41. The van der Waals surface area contributed by atoms with Gasteiger partial charge in [-0.15, -0.1) is 0 Å². The van der Waals surface area contributed by atoms with Crippen molar-refractivity contribution in [3.63, 3.8) is 0 Å². The van der Waals surface area contributed by atoms with Crippen molar-refractivity contribution >= 4 is 16.8 Å². The highest BCUT2D eigenvalue weighted by Gasteiger charge is 2.46. The Kier molecular flexibility index (Phi) is 4.99. The zero-order chi connectivity index (χ0) is 22.6. The molecule has 0 unspecified atom stereocenters. The highest BCUT2D eigenvalue weighted by atomic mass is 19.1. The van der Waals surface area contributed by atoms with Gasteiger partial charge in [-0.1, -0.05) is 12.1 Å². The Labute approximate surface area is 191 Å². The number of nitrogens with zero attached hydrogens (tertiary/aromatic N) is 2. The molecule has 172 valence electrons. The quantitative estimate of drug-likeness (QED) is 0.637. The van der Waals surface area contributed by atoms with Gasteiger partial charge in [0.25, 0.3) is 0 Å². The van der Waals surface area contributed by atoms with E-state index in [1.54, 1.807) is 0 Å². The molecule has 2 aromatic carbocycles. The van der Waals surface area contributed by atoms with Gasteiger partial charge in [-0.3, -0.25) is 9.69 Å². The van der Waals surface area contributed by atoms with Gasteiger partial charge >= 0.3 is 0 Å². The lowest BCUT2D eigenvalue weighted by atomic mass is 9.89. The molecule has 7 heteroatoms. The molecule has 0 bridgehead atoms. The van der Waals surface area contributed by atoms with Crippen LogP contribution in [0.15, 0.2) is 42.6 Å². The maximum absolute atomic E-state index is 15.0. The molecule has 2 saturated heterocycles. The number of hydrogen-bond acceptors (Lipinski definition) is 3. The Hall–Kier alpha value is -2.77. The van der Waals surface area contributed by atoms with Crippen LogP contribution in [0.5, 0.6) is 0 Å². The Morgan fingerprint density at radius 3 is 2.52 bits per heavy atom. The van der Waals surface area contributed by atoms with Crippen molar-refractivity contribution < 1.29 is 18.3 Å². The van der Waals surface area contributed by atoms with E-state index in [0.29, 0.717) is 31.2 Å². The van der Waals surface area contributed by atoms with Crippen LogP contribution in [0.25, 0.3) is 22.0 Å². The molecule has 3 heterocycles. The topological polar surface area (TPSA) is 48.6 Å². The molecule has 33 heavy (non-hydrogen) atoms. The van der Waals surface area contributed by atoms with E-state index in [2.05, 4.69) is 9.88 Å². The van der Waals surface area contributed by atoms with Crippen molar-refractivity contribution in [2.45, 2.75) is 43.9 Å². The number of ether oxygens (including phenoxy) is 1. The maximum Gasteiger partial charge on any atom is 0.248 e. The number of morpholine rings is 1. The monoisotopic (exact) mass is 451 g/mol. The first-order chi connectivity index (χ1) is 16.0. The Bertz CT molecular complexity index is 1190. The second-order valence-electron chi connectivity index (χ2n) is 9.70. The number of carbonyl (C=O) groups is 1. The molecule has 5 nitrogen and oxygen atoms in total. The van der Waals surface area contributed by atoms with Crippen molar-refractivity contribution in [3.05, 3.63) is 59.8 Å². The van der Waals surface area contributed by atoms with Crippen molar-refractivity contribution in [2.75, 3.05) is 26.2 Å². The van der Waals surface area contributed by atoms with E-state index in [4.69, 9.17) is 4.74 Å². The minimum Gasteiger partial charge on any atom is -0.363 e. The Morgan fingerprint density at radius 2 is 1.79 bits per heavy atom. The maximum atomic E-state index is 15.0. The molecule has 3 fully saturated rings. The van der Waals surface area contributed by atoms with Crippen molar-refractivity contribution in [1.29, 1.82) is 0 Å². The summed E-state index contributed by atoms with van der Waals surface area (Å²) in [5.41, 5.74) is 2.04. The second kappa shape index (κ2) is 7.92. The number of amides is 1. The number of rotatable bonds is 4. The van der Waals surface area contributed by atoms with Crippen LogP contribution in [-0.4, -0.2) is 58.6 Å². The van der Waals surface area contributed by atoms with Crippen molar-refractivity contribution in [1.82, 2.24) is 14.8 Å². The summed E-state index contributed by atoms with van der Waals surface area (Å²) >= 11 is 0. The van der Waals surface area contributed by atoms with E-state index in [-0.39, 0.29) is 30.2 Å². The largest absolute Gasteiger partial charge is 0.363 e. The third kappa shape index (κ3) is 3.93. The molecule has 1 N–H and O–H groups in total. The fourth-order valence-corrected chi connectivity index (χ4v) is 5.25. The van der Waals surface area contributed by atoms with Crippen LogP contribution in [0.4, 0.5) is 8.78 Å². The number of nitrogens with one attached hydrogen (secondary N) is 1. The number of carbonyl (C=O) groups excluding carboxylic acids is 1. The van der Waals surface area contributed by atoms with Gasteiger partial charge in [-0.2, -0.15) is 0 Å². The zero-order valence-corrected chi connectivity index (χ0v) is 18.4. The van der Waals surface area contributed by atoms with Crippen LogP contribution in [0.3, 0.4) is 0 Å². The van der Waals surface area contributed by atoms with Crippen molar-refractivity contribution in [2.24, 2.45) is 0 Å². The average Bonchev–Trinajstić information content (AvgIpc) is 3.55. The normalized spacial score (nSPS) is 21.3.